The molecular formula is C54H33BN2O. The number of rotatable bonds is 3. The SMILES string of the molecule is COc1ccc2c(c1)C1(c3ccccc3-c3ccccc31)c1cc(-c3ccc(B4c5ccccc5-c5ccc6c7cccnc7c7ncccc7c6c54)cc3)ccc1-2. The Bertz CT molecular complexity index is 3320. The molecular weight excluding hydrogens is 703 g/mol. The molecule has 1 spiro atoms. The van der Waals surface area contributed by atoms with E-state index in [1.54, 1.807) is 7.11 Å². The van der Waals surface area contributed by atoms with E-state index >= 15 is 0 Å². The molecule has 3 aliphatic rings. The molecule has 2 aromatic heterocycles. The minimum absolute atomic E-state index is 0.0701. The van der Waals surface area contributed by atoms with Crippen LogP contribution in [-0.4, -0.2) is 23.8 Å². The van der Waals surface area contributed by atoms with Gasteiger partial charge < -0.3 is 4.74 Å². The van der Waals surface area contributed by atoms with Gasteiger partial charge in [0.1, 0.15) is 5.75 Å². The molecule has 0 saturated heterocycles. The van der Waals surface area contributed by atoms with Gasteiger partial charge in [-0.15, -0.1) is 0 Å². The Morgan fingerprint density at radius 2 is 1.03 bits per heavy atom. The van der Waals surface area contributed by atoms with Crippen molar-refractivity contribution in [3.63, 3.8) is 0 Å². The van der Waals surface area contributed by atoms with E-state index < -0.39 is 5.41 Å². The van der Waals surface area contributed by atoms with Crippen molar-refractivity contribution in [3.8, 4) is 50.3 Å². The van der Waals surface area contributed by atoms with Crippen LogP contribution in [0, 0.1) is 0 Å². The van der Waals surface area contributed by atoms with E-state index in [0.717, 1.165) is 27.6 Å². The molecule has 1 aliphatic heterocycles. The third-order valence-corrected chi connectivity index (χ3v) is 13.4. The zero-order chi connectivity index (χ0) is 38.1. The number of fused-ring (bicyclic) bond motifs is 20. The van der Waals surface area contributed by atoms with Crippen LogP contribution in [0.5, 0.6) is 5.75 Å². The van der Waals surface area contributed by atoms with Gasteiger partial charge in [-0.25, -0.2) is 0 Å². The summed E-state index contributed by atoms with van der Waals surface area (Å²) in [5, 5.41) is 4.77. The molecule has 268 valence electrons. The van der Waals surface area contributed by atoms with Crippen molar-refractivity contribution in [2.45, 2.75) is 5.41 Å². The Kier molecular flexibility index (Phi) is 6.39. The van der Waals surface area contributed by atoms with Gasteiger partial charge in [-0.05, 0) is 108 Å². The van der Waals surface area contributed by atoms with E-state index in [1.165, 1.54) is 93.9 Å². The van der Waals surface area contributed by atoms with Crippen molar-refractivity contribution < 1.29 is 4.74 Å². The van der Waals surface area contributed by atoms with Crippen molar-refractivity contribution >= 4 is 55.7 Å². The summed E-state index contributed by atoms with van der Waals surface area (Å²) in [5.41, 5.74) is 20.8. The fourth-order valence-electron chi connectivity index (χ4n) is 11.1. The Labute approximate surface area is 336 Å². The zero-order valence-corrected chi connectivity index (χ0v) is 31.7. The van der Waals surface area contributed by atoms with Crippen LogP contribution in [0.4, 0.5) is 0 Å². The average Bonchev–Trinajstić information content (AvgIpc) is 3.90. The van der Waals surface area contributed by atoms with Crippen LogP contribution < -0.4 is 21.1 Å². The molecule has 0 bridgehead atoms. The highest BCUT2D eigenvalue weighted by Crippen LogP contribution is 2.63. The number of nitrogens with zero attached hydrogens (tertiary/aromatic N) is 2. The fourth-order valence-corrected chi connectivity index (χ4v) is 11.1. The molecule has 2 aliphatic carbocycles. The zero-order valence-electron chi connectivity index (χ0n) is 31.7. The summed E-state index contributed by atoms with van der Waals surface area (Å²) >= 11 is 0. The Morgan fingerprint density at radius 1 is 0.448 bits per heavy atom. The Morgan fingerprint density at radius 3 is 1.78 bits per heavy atom. The molecule has 13 rings (SSSR count). The first-order valence-electron chi connectivity index (χ1n) is 20.0. The molecule has 0 saturated carbocycles. The number of hydrogen-bond donors (Lipinski definition) is 0. The van der Waals surface area contributed by atoms with Gasteiger partial charge in [0.2, 0.25) is 6.71 Å². The van der Waals surface area contributed by atoms with E-state index in [2.05, 4.69) is 164 Å². The lowest BCUT2D eigenvalue weighted by atomic mass is 9.38. The number of hydrogen-bond acceptors (Lipinski definition) is 3. The molecule has 8 aromatic carbocycles. The van der Waals surface area contributed by atoms with Gasteiger partial charge in [-0.3, -0.25) is 9.97 Å². The van der Waals surface area contributed by atoms with Crippen molar-refractivity contribution in [1.82, 2.24) is 9.97 Å². The Hall–Kier alpha value is -7.30. The van der Waals surface area contributed by atoms with Gasteiger partial charge in [0.15, 0.2) is 0 Å². The standard InChI is InChI=1S/C54H33BN2O/c1-58-35-23-25-39-38-24-20-33(30-47(38)54(48(39)31-35)45-15-5-2-10-36(45)37-11-3-6-16-46(37)54)32-18-21-34(22-19-32)55-49-17-7-4-12-40(49)42-27-26-41-43-13-8-28-56-52(43)53-44(14-9-29-57-53)50(41)51(42)55/h2-31H,1H3. The molecule has 0 amide bonds. The van der Waals surface area contributed by atoms with Crippen molar-refractivity contribution in [1.29, 1.82) is 0 Å². The summed E-state index contributed by atoms with van der Waals surface area (Å²) in [7, 11) is 1.76. The summed E-state index contributed by atoms with van der Waals surface area (Å²) in [5.74, 6) is 0.876. The van der Waals surface area contributed by atoms with Gasteiger partial charge in [-0.1, -0.05) is 156 Å². The van der Waals surface area contributed by atoms with Crippen LogP contribution in [0.2, 0.25) is 0 Å². The van der Waals surface area contributed by atoms with Gasteiger partial charge in [0, 0.05) is 23.2 Å². The van der Waals surface area contributed by atoms with Crippen molar-refractivity contribution in [2.75, 3.05) is 7.11 Å². The molecule has 0 atom stereocenters. The molecule has 0 N–H and O–H groups in total. The van der Waals surface area contributed by atoms with Crippen LogP contribution in [0.1, 0.15) is 22.3 Å². The monoisotopic (exact) mass is 736 g/mol. The van der Waals surface area contributed by atoms with Crippen LogP contribution in [0.25, 0.3) is 77.1 Å². The molecule has 0 radical (unpaired) electrons. The van der Waals surface area contributed by atoms with E-state index in [-0.39, 0.29) is 6.71 Å². The van der Waals surface area contributed by atoms with Crippen LogP contribution in [0.3, 0.4) is 0 Å². The molecule has 4 heteroatoms. The molecule has 58 heavy (non-hydrogen) atoms. The lowest BCUT2D eigenvalue weighted by Crippen LogP contribution is -2.49. The molecule has 10 aromatic rings. The number of ether oxygens (including phenoxy) is 1. The smallest absolute Gasteiger partial charge is 0.243 e. The van der Waals surface area contributed by atoms with Gasteiger partial charge >= 0.3 is 0 Å². The normalized spacial score (nSPS) is 13.7. The summed E-state index contributed by atoms with van der Waals surface area (Å²) in [6, 6.07) is 63.1. The summed E-state index contributed by atoms with van der Waals surface area (Å²) in [4.78, 5) is 9.73. The van der Waals surface area contributed by atoms with Gasteiger partial charge in [-0.2, -0.15) is 0 Å². The number of methoxy groups -OCH3 is 1. The van der Waals surface area contributed by atoms with Gasteiger partial charge in [0.25, 0.3) is 0 Å². The first-order valence-corrected chi connectivity index (χ1v) is 20.0. The topological polar surface area (TPSA) is 35.0 Å². The molecule has 3 nitrogen and oxygen atoms in total. The maximum absolute atomic E-state index is 5.87. The van der Waals surface area contributed by atoms with E-state index in [9.17, 15) is 0 Å². The average molecular weight is 737 g/mol. The second-order valence-electron chi connectivity index (χ2n) is 15.9. The molecule has 0 fully saturated rings. The predicted octanol–water partition coefficient (Wildman–Crippen LogP) is 10.5. The van der Waals surface area contributed by atoms with E-state index in [0.29, 0.717) is 0 Å². The number of aromatic nitrogens is 2. The second-order valence-corrected chi connectivity index (χ2v) is 15.9. The third kappa shape index (κ3) is 3.99. The third-order valence-electron chi connectivity index (χ3n) is 13.4. The van der Waals surface area contributed by atoms with E-state index in [4.69, 9.17) is 14.7 Å². The van der Waals surface area contributed by atoms with Crippen LogP contribution in [-0.2, 0) is 5.41 Å². The highest BCUT2D eigenvalue weighted by Gasteiger charge is 2.52. The van der Waals surface area contributed by atoms with Crippen LogP contribution in [0.15, 0.2) is 182 Å². The minimum atomic E-state index is -0.446. The van der Waals surface area contributed by atoms with Gasteiger partial charge in [0.05, 0.1) is 23.6 Å². The first kappa shape index (κ1) is 31.9. The molecule has 0 unspecified atom stereocenters. The largest absolute Gasteiger partial charge is 0.497 e. The number of pyridine rings is 2. The summed E-state index contributed by atoms with van der Waals surface area (Å²) in [6.07, 6.45) is 3.76. The number of benzene rings is 8. The van der Waals surface area contributed by atoms with Crippen molar-refractivity contribution in [3.05, 3.63) is 205 Å². The quantitative estimate of drug-likeness (QED) is 0.134. The lowest BCUT2D eigenvalue weighted by Gasteiger charge is -2.31. The maximum atomic E-state index is 5.87. The van der Waals surface area contributed by atoms with Crippen LogP contribution >= 0.6 is 0 Å². The minimum Gasteiger partial charge on any atom is -0.497 e. The second kappa shape index (κ2) is 11.6. The highest BCUT2D eigenvalue weighted by molar-refractivity contribution is 7.00. The predicted molar refractivity (Wildman–Crippen MR) is 239 cm³/mol. The maximum Gasteiger partial charge on any atom is 0.243 e. The Balaban J connectivity index is 0.999. The lowest BCUT2D eigenvalue weighted by molar-refractivity contribution is 0.414. The highest BCUT2D eigenvalue weighted by atomic mass is 16.5. The summed E-state index contributed by atoms with van der Waals surface area (Å²) < 4.78 is 5.87. The first-order chi connectivity index (χ1) is 28.7. The fraction of sp³-hybridized carbons (Fsp3) is 0.0370. The summed E-state index contributed by atoms with van der Waals surface area (Å²) in [6.45, 7) is 0.0701. The van der Waals surface area contributed by atoms with E-state index in [1.807, 2.05) is 18.5 Å². The van der Waals surface area contributed by atoms with Crippen molar-refractivity contribution in [2.24, 2.45) is 0 Å². The molecule has 3 heterocycles.